The molecule has 0 saturated carbocycles. The number of carbonyl (C=O) groups is 1. The summed E-state index contributed by atoms with van der Waals surface area (Å²) in [6, 6.07) is 5.57. The summed E-state index contributed by atoms with van der Waals surface area (Å²) in [4.78, 5) is 24.6. The smallest absolute Gasteiger partial charge is 0.317 e. The van der Waals surface area contributed by atoms with Gasteiger partial charge in [-0.25, -0.2) is 14.8 Å². The van der Waals surface area contributed by atoms with Gasteiger partial charge in [0.15, 0.2) is 0 Å². The Morgan fingerprint density at radius 1 is 1.36 bits per heavy atom. The van der Waals surface area contributed by atoms with Gasteiger partial charge >= 0.3 is 6.03 Å². The highest BCUT2D eigenvalue weighted by molar-refractivity contribution is 5.74. The summed E-state index contributed by atoms with van der Waals surface area (Å²) in [6.45, 7) is 5.32. The standard InChI is InChI=1S/C17H21N7O/c1-14(12-22-5-4-19-13-22)21-17(25)24-8-6-23(7-9-24)16-10-15(11-18)2-3-20-16/h2-5,10,13-14H,6-9,12H2,1H3,(H,21,25)/t14-/m0/s1. The zero-order chi connectivity index (χ0) is 17.6. The number of nitrogens with one attached hydrogen (secondary N) is 1. The van der Waals surface area contributed by atoms with Gasteiger partial charge in [0, 0.05) is 57.4 Å². The summed E-state index contributed by atoms with van der Waals surface area (Å²) in [5.41, 5.74) is 0.596. The fraction of sp³-hybridized carbons (Fsp3) is 0.412. The third-order valence-electron chi connectivity index (χ3n) is 4.18. The Bertz CT molecular complexity index is 745. The number of imidazole rings is 1. The number of rotatable bonds is 4. The van der Waals surface area contributed by atoms with E-state index in [9.17, 15) is 4.79 Å². The molecule has 0 radical (unpaired) electrons. The molecule has 25 heavy (non-hydrogen) atoms. The minimum absolute atomic E-state index is 0.0220. The molecule has 8 heteroatoms. The highest BCUT2D eigenvalue weighted by Crippen LogP contribution is 2.14. The maximum atomic E-state index is 12.4. The Kier molecular flexibility index (Phi) is 5.14. The van der Waals surface area contributed by atoms with Gasteiger partial charge in [0.1, 0.15) is 5.82 Å². The van der Waals surface area contributed by atoms with Crippen LogP contribution in [0, 0.1) is 11.3 Å². The number of nitriles is 1. The lowest BCUT2D eigenvalue weighted by molar-refractivity contribution is 0.190. The minimum Gasteiger partial charge on any atom is -0.353 e. The quantitative estimate of drug-likeness (QED) is 0.900. The van der Waals surface area contributed by atoms with Crippen LogP contribution in [0.15, 0.2) is 37.1 Å². The number of nitrogens with zero attached hydrogens (tertiary/aromatic N) is 6. The van der Waals surface area contributed by atoms with Crippen LogP contribution in [0.25, 0.3) is 0 Å². The van der Waals surface area contributed by atoms with Crippen molar-refractivity contribution in [2.24, 2.45) is 0 Å². The molecule has 0 spiro atoms. The summed E-state index contributed by atoms with van der Waals surface area (Å²) in [5, 5.41) is 12.0. The van der Waals surface area contributed by atoms with Crippen LogP contribution in [0.2, 0.25) is 0 Å². The lowest BCUT2D eigenvalue weighted by Crippen LogP contribution is -2.53. The fourth-order valence-electron chi connectivity index (χ4n) is 2.86. The number of carbonyl (C=O) groups excluding carboxylic acids is 1. The summed E-state index contributed by atoms with van der Waals surface area (Å²) in [6.07, 6.45) is 6.99. The second-order valence-electron chi connectivity index (χ2n) is 6.10. The molecule has 1 N–H and O–H groups in total. The molecule has 0 unspecified atom stereocenters. The van der Waals surface area contributed by atoms with Crippen molar-refractivity contribution in [3.63, 3.8) is 0 Å². The number of amides is 2. The molecule has 3 rings (SSSR count). The number of piperazine rings is 1. The van der Waals surface area contributed by atoms with Crippen LogP contribution in [-0.4, -0.2) is 57.7 Å². The first-order valence-electron chi connectivity index (χ1n) is 8.28. The zero-order valence-electron chi connectivity index (χ0n) is 14.2. The Hall–Kier alpha value is -3.08. The Balaban J connectivity index is 1.49. The van der Waals surface area contributed by atoms with E-state index < -0.39 is 0 Å². The maximum absolute atomic E-state index is 12.4. The maximum Gasteiger partial charge on any atom is 0.317 e. The van der Waals surface area contributed by atoms with Crippen molar-refractivity contribution in [3.05, 3.63) is 42.6 Å². The predicted octanol–water partition coefficient (Wildman–Crippen LogP) is 1.07. The number of hydrogen-bond donors (Lipinski definition) is 1. The van der Waals surface area contributed by atoms with E-state index in [1.807, 2.05) is 22.6 Å². The van der Waals surface area contributed by atoms with Gasteiger partial charge in [-0.1, -0.05) is 0 Å². The van der Waals surface area contributed by atoms with Crippen LogP contribution in [0.1, 0.15) is 12.5 Å². The van der Waals surface area contributed by atoms with Gasteiger partial charge < -0.3 is 19.7 Å². The molecule has 2 amide bonds. The minimum atomic E-state index is -0.0500. The first-order valence-corrected chi connectivity index (χ1v) is 8.28. The molecular formula is C17H21N7O. The summed E-state index contributed by atoms with van der Waals surface area (Å²) in [7, 11) is 0. The van der Waals surface area contributed by atoms with Gasteiger partial charge in [0.05, 0.1) is 18.0 Å². The SMILES string of the molecule is C[C@@H](Cn1ccnc1)NC(=O)N1CCN(c2cc(C#N)ccn2)CC1. The van der Waals surface area contributed by atoms with Gasteiger partial charge in [0.25, 0.3) is 0 Å². The molecule has 1 aliphatic rings. The molecule has 1 aliphatic heterocycles. The summed E-state index contributed by atoms with van der Waals surface area (Å²) < 4.78 is 1.94. The van der Waals surface area contributed by atoms with Crippen molar-refractivity contribution >= 4 is 11.8 Å². The third-order valence-corrected chi connectivity index (χ3v) is 4.18. The zero-order valence-corrected chi connectivity index (χ0v) is 14.2. The topological polar surface area (TPSA) is 90.1 Å². The molecule has 130 valence electrons. The normalized spacial score (nSPS) is 15.5. The second-order valence-corrected chi connectivity index (χ2v) is 6.10. The van der Waals surface area contributed by atoms with E-state index in [1.165, 1.54) is 0 Å². The average molecular weight is 339 g/mol. The molecule has 8 nitrogen and oxygen atoms in total. The Labute approximate surface area is 146 Å². The van der Waals surface area contributed by atoms with E-state index in [2.05, 4.69) is 26.3 Å². The van der Waals surface area contributed by atoms with Crippen LogP contribution in [0.5, 0.6) is 0 Å². The van der Waals surface area contributed by atoms with Crippen LogP contribution in [0.3, 0.4) is 0 Å². The molecule has 0 bridgehead atoms. The summed E-state index contributed by atoms with van der Waals surface area (Å²) >= 11 is 0. The molecule has 1 fully saturated rings. The first kappa shape index (κ1) is 16.8. The Morgan fingerprint density at radius 2 is 2.16 bits per heavy atom. The van der Waals surface area contributed by atoms with E-state index in [-0.39, 0.29) is 12.1 Å². The number of aromatic nitrogens is 3. The van der Waals surface area contributed by atoms with Crippen molar-refractivity contribution < 1.29 is 4.79 Å². The highest BCUT2D eigenvalue weighted by Gasteiger charge is 2.22. The third kappa shape index (κ3) is 4.26. The molecule has 0 aromatic carbocycles. The highest BCUT2D eigenvalue weighted by atomic mass is 16.2. The second kappa shape index (κ2) is 7.66. The molecule has 2 aromatic heterocycles. The molecule has 1 saturated heterocycles. The molecule has 3 heterocycles. The van der Waals surface area contributed by atoms with Crippen LogP contribution < -0.4 is 10.2 Å². The van der Waals surface area contributed by atoms with Gasteiger partial charge in [-0.05, 0) is 19.1 Å². The van der Waals surface area contributed by atoms with E-state index in [1.54, 1.807) is 30.9 Å². The van der Waals surface area contributed by atoms with Crippen LogP contribution >= 0.6 is 0 Å². The average Bonchev–Trinajstić information content (AvgIpc) is 3.14. The van der Waals surface area contributed by atoms with Gasteiger partial charge in [0.2, 0.25) is 0 Å². The summed E-state index contributed by atoms with van der Waals surface area (Å²) in [5.74, 6) is 0.785. The number of anilines is 1. The van der Waals surface area contributed by atoms with Crippen LogP contribution in [0.4, 0.5) is 10.6 Å². The number of urea groups is 1. The van der Waals surface area contributed by atoms with E-state index in [0.29, 0.717) is 38.3 Å². The lowest BCUT2D eigenvalue weighted by atomic mass is 10.2. The van der Waals surface area contributed by atoms with Crippen molar-refractivity contribution in [3.8, 4) is 6.07 Å². The number of hydrogen-bond acceptors (Lipinski definition) is 5. The number of pyridine rings is 1. The van der Waals surface area contributed by atoms with Gasteiger partial charge in [-0.2, -0.15) is 5.26 Å². The molecule has 0 aliphatic carbocycles. The monoisotopic (exact) mass is 339 g/mol. The van der Waals surface area contributed by atoms with E-state index >= 15 is 0 Å². The van der Waals surface area contributed by atoms with Gasteiger partial charge in [-0.3, -0.25) is 0 Å². The molecular weight excluding hydrogens is 318 g/mol. The van der Waals surface area contributed by atoms with Crippen molar-refractivity contribution in [1.29, 1.82) is 5.26 Å². The lowest BCUT2D eigenvalue weighted by Gasteiger charge is -2.36. The van der Waals surface area contributed by atoms with Crippen LogP contribution in [-0.2, 0) is 6.54 Å². The Morgan fingerprint density at radius 3 is 2.84 bits per heavy atom. The van der Waals surface area contributed by atoms with Crippen molar-refractivity contribution in [2.45, 2.75) is 19.5 Å². The van der Waals surface area contributed by atoms with Crippen molar-refractivity contribution in [1.82, 2.24) is 24.8 Å². The van der Waals surface area contributed by atoms with E-state index in [0.717, 1.165) is 5.82 Å². The molecule has 1 atom stereocenters. The fourth-order valence-corrected chi connectivity index (χ4v) is 2.86. The molecule has 2 aromatic rings. The largest absolute Gasteiger partial charge is 0.353 e. The van der Waals surface area contributed by atoms with Gasteiger partial charge in [-0.15, -0.1) is 0 Å². The first-order chi connectivity index (χ1) is 12.2. The van der Waals surface area contributed by atoms with Crippen molar-refractivity contribution in [2.75, 3.05) is 31.1 Å². The predicted molar refractivity (Wildman–Crippen MR) is 93.0 cm³/mol. The van der Waals surface area contributed by atoms with E-state index in [4.69, 9.17) is 5.26 Å².